The van der Waals surface area contributed by atoms with Gasteiger partial charge in [-0.3, -0.25) is 4.79 Å². The quantitative estimate of drug-likeness (QED) is 0.886. The van der Waals surface area contributed by atoms with Gasteiger partial charge in [0.1, 0.15) is 16.1 Å². The molecule has 0 fully saturated rings. The number of furan rings is 1. The number of rotatable bonds is 3. The molecule has 2 heterocycles. The first-order valence-electron chi connectivity index (χ1n) is 5.55. The van der Waals surface area contributed by atoms with E-state index in [1.807, 2.05) is 26.0 Å². The number of carbonyl (C=O) groups excluding carboxylic acids is 1. The average Bonchev–Trinajstić information content (AvgIpc) is 2.76. The van der Waals surface area contributed by atoms with Crippen molar-refractivity contribution in [1.29, 1.82) is 0 Å². The molecule has 94 valence electrons. The molecule has 1 unspecified atom stereocenters. The van der Waals surface area contributed by atoms with Crippen LogP contribution in [-0.4, -0.2) is 10.9 Å². The zero-order valence-corrected chi connectivity index (χ0v) is 11.7. The van der Waals surface area contributed by atoms with Gasteiger partial charge in [0, 0.05) is 6.20 Å². The summed E-state index contributed by atoms with van der Waals surface area (Å²) in [5.41, 5.74) is 0.522. The molecule has 1 amide bonds. The molecule has 0 bridgehead atoms. The van der Waals surface area contributed by atoms with Crippen molar-refractivity contribution in [3.8, 4) is 0 Å². The van der Waals surface area contributed by atoms with Crippen LogP contribution in [0.15, 0.2) is 39.5 Å². The Bertz CT molecular complexity index is 548. The summed E-state index contributed by atoms with van der Waals surface area (Å²) in [6, 6.07) is 7.01. The van der Waals surface area contributed by atoms with Gasteiger partial charge in [0.15, 0.2) is 0 Å². The van der Waals surface area contributed by atoms with Gasteiger partial charge in [-0.05, 0) is 54.0 Å². The smallest absolute Gasteiger partial charge is 0.253 e. The molecule has 0 aliphatic heterocycles. The second kappa shape index (κ2) is 5.35. The van der Waals surface area contributed by atoms with Crippen molar-refractivity contribution in [3.63, 3.8) is 0 Å². The topological polar surface area (TPSA) is 55.1 Å². The van der Waals surface area contributed by atoms with Crippen LogP contribution in [0, 0.1) is 6.92 Å². The molecule has 2 aromatic heterocycles. The number of aryl methyl sites for hydroxylation is 1. The van der Waals surface area contributed by atoms with Crippen molar-refractivity contribution in [2.75, 3.05) is 0 Å². The zero-order valence-electron chi connectivity index (χ0n) is 10.1. The van der Waals surface area contributed by atoms with Crippen molar-refractivity contribution in [1.82, 2.24) is 10.3 Å². The summed E-state index contributed by atoms with van der Waals surface area (Å²) in [7, 11) is 0. The molecule has 0 aliphatic rings. The van der Waals surface area contributed by atoms with Crippen molar-refractivity contribution >= 4 is 21.8 Å². The van der Waals surface area contributed by atoms with Crippen LogP contribution in [-0.2, 0) is 0 Å². The van der Waals surface area contributed by atoms with Gasteiger partial charge in [-0.2, -0.15) is 0 Å². The van der Waals surface area contributed by atoms with Crippen LogP contribution >= 0.6 is 15.9 Å². The number of hydrogen-bond donors (Lipinski definition) is 1. The molecule has 18 heavy (non-hydrogen) atoms. The summed E-state index contributed by atoms with van der Waals surface area (Å²) in [6.45, 7) is 3.75. The minimum atomic E-state index is -0.171. The van der Waals surface area contributed by atoms with E-state index in [2.05, 4.69) is 26.2 Å². The summed E-state index contributed by atoms with van der Waals surface area (Å²) in [5, 5.41) is 2.86. The van der Waals surface area contributed by atoms with Crippen LogP contribution in [0.4, 0.5) is 0 Å². The summed E-state index contributed by atoms with van der Waals surface area (Å²) in [4.78, 5) is 16.0. The molecule has 0 radical (unpaired) electrons. The Labute approximate surface area is 114 Å². The minimum Gasteiger partial charge on any atom is -0.464 e. The van der Waals surface area contributed by atoms with Gasteiger partial charge < -0.3 is 9.73 Å². The molecule has 5 heteroatoms. The molecule has 2 rings (SSSR count). The normalized spacial score (nSPS) is 12.2. The fraction of sp³-hybridized carbons (Fsp3) is 0.231. The molecular weight excluding hydrogens is 296 g/mol. The lowest BCUT2D eigenvalue weighted by molar-refractivity contribution is 0.0934. The van der Waals surface area contributed by atoms with E-state index in [0.717, 1.165) is 11.5 Å². The third-order valence-corrected chi connectivity index (χ3v) is 2.99. The van der Waals surface area contributed by atoms with Crippen molar-refractivity contribution < 1.29 is 9.21 Å². The molecule has 0 saturated heterocycles. The summed E-state index contributed by atoms with van der Waals surface area (Å²) in [6.07, 6.45) is 1.53. The van der Waals surface area contributed by atoms with Crippen LogP contribution in [0.1, 0.15) is 34.8 Å². The Hall–Kier alpha value is -1.62. The van der Waals surface area contributed by atoms with Crippen LogP contribution in [0.5, 0.6) is 0 Å². The van der Waals surface area contributed by atoms with E-state index in [9.17, 15) is 4.79 Å². The molecular formula is C13H13BrN2O2. The number of halogens is 1. The Morgan fingerprint density at radius 2 is 2.17 bits per heavy atom. The molecule has 0 saturated carbocycles. The average molecular weight is 309 g/mol. The second-order valence-corrected chi connectivity index (χ2v) is 4.83. The number of nitrogens with one attached hydrogen (secondary N) is 1. The van der Waals surface area contributed by atoms with Crippen molar-refractivity contribution in [2.24, 2.45) is 0 Å². The Kier molecular flexibility index (Phi) is 3.81. The van der Waals surface area contributed by atoms with Gasteiger partial charge >= 0.3 is 0 Å². The van der Waals surface area contributed by atoms with E-state index >= 15 is 0 Å². The predicted octanol–water partition coefficient (Wildman–Crippen LogP) is 3.24. The van der Waals surface area contributed by atoms with E-state index in [-0.39, 0.29) is 11.9 Å². The number of pyridine rings is 1. The lowest BCUT2D eigenvalue weighted by Crippen LogP contribution is -2.26. The highest BCUT2D eigenvalue weighted by Crippen LogP contribution is 2.16. The van der Waals surface area contributed by atoms with E-state index in [4.69, 9.17) is 4.42 Å². The summed E-state index contributed by atoms with van der Waals surface area (Å²) >= 11 is 3.23. The van der Waals surface area contributed by atoms with Gasteiger partial charge in [-0.1, -0.05) is 0 Å². The molecule has 1 atom stereocenters. The highest BCUT2D eigenvalue weighted by atomic mass is 79.9. The molecule has 4 nitrogen and oxygen atoms in total. The molecule has 0 aliphatic carbocycles. The van der Waals surface area contributed by atoms with Crippen molar-refractivity contribution in [2.45, 2.75) is 19.9 Å². The fourth-order valence-electron chi connectivity index (χ4n) is 1.55. The number of amides is 1. The number of aromatic nitrogens is 1. The monoisotopic (exact) mass is 308 g/mol. The minimum absolute atomic E-state index is 0.170. The van der Waals surface area contributed by atoms with Crippen LogP contribution in [0.2, 0.25) is 0 Å². The Morgan fingerprint density at radius 1 is 1.39 bits per heavy atom. The largest absolute Gasteiger partial charge is 0.464 e. The second-order valence-electron chi connectivity index (χ2n) is 4.01. The lowest BCUT2D eigenvalue weighted by atomic mass is 10.2. The van der Waals surface area contributed by atoms with Crippen LogP contribution in [0.25, 0.3) is 0 Å². The zero-order chi connectivity index (χ0) is 13.1. The number of carbonyl (C=O) groups is 1. The van der Waals surface area contributed by atoms with Crippen LogP contribution < -0.4 is 5.32 Å². The van der Waals surface area contributed by atoms with E-state index in [1.165, 1.54) is 6.20 Å². The van der Waals surface area contributed by atoms with E-state index in [1.54, 1.807) is 12.1 Å². The van der Waals surface area contributed by atoms with Crippen molar-refractivity contribution in [3.05, 3.63) is 52.1 Å². The SMILES string of the molecule is Cc1ccc(C(C)NC(=O)c2ccc(Br)nc2)o1. The molecule has 0 aromatic carbocycles. The molecule has 1 N–H and O–H groups in total. The van der Waals surface area contributed by atoms with Gasteiger partial charge in [0.25, 0.3) is 5.91 Å². The summed E-state index contributed by atoms with van der Waals surface area (Å²) < 4.78 is 6.17. The van der Waals surface area contributed by atoms with E-state index < -0.39 is 0 Å². The third kappa shape index (κ3) is 2.98. The highest BCUT2D eigenvalue weighted by molar-refractivity contribution is 9.10. The lowest BCUT2D eigenvalue weighted by Gasteiger charge is -2.11. The highest BCUT2D eigenvalue weighted by Gasteiger charge is 2.14. The fourth-order valence-corrected chi connectivity index (χ4v) is 1.78. The summed E-state index contributed by atoms with van der Waals surface area (Å²) in [5.74, 6) is 1.40. The Balaban J connectivity index is 2.05. The van der Waals surface area contributed by atoms with Gasteiger partial charge in [-0.15, -0.1) is 0 Å². The van der Waals surface area contributed by atoms with Gasteiger partial charge in [-0.25, -0.2) is 4.98 Å². The van der Waals surface area contributed by atoms with Gasteiger partial charge in [0.05, 0.1) is 11.6 Å². The van der Waals surface area contributed by atoms with E-state index in [0.29, 0.717) is 10.2 Å². The van der Waals surface area contributed by atoms with Crippen LogP contribution in [0.3, 0.4) is 0 Å². The molecule has 0 spiro atoms. The molecule has 2 aromatic rings. The Morgan fingerprint density at radius 3 is 2.72 bits per heavy atom. The third-order valence-electron chi connectivity index (χ3n) is 2.53. The first kappa shape index (κ1) is 12.8. The maximum Gasteiger partial charge on any atom is 0.253 e. The maximum atomic E-state index is 11.9. The predicted molar refractivity (Wildman–Crippen MR) is 71.3 cm³/mol. The first-order chi connectivity index (χ1) is 8.56. The maximum absolute atomic E-state index is 11.9. The number of nitrogens with zero attached hydrogens (tertiary/aromatic N) is 1. The standard InChI is InChI=1S/C13H13BrN2O2/c1-8-3-5-11(18-8)9(2)16-13(17)10-4-6-12(14)15-7-10/h3-7,9H,1-2H3,(H,16,17). The number of hydrogen-bond acceptors (Lipinski definition) is 3. The van der Waals surface area contributed by atoms with Gasteiger partial charge in [0.2, 0.25) is 0 Å². The first-order valence-corrected chi connectivity index (χ1v) is 6.34.